The minimum Gasteiger partial charge on any atom is -0.374 e. The van der Waals surface area contributed by atoms with E-state index in [1.54, 1.807) is 30.3 Å². The van der Waals surface area contributed by atoms with E-state index in [4.69, 9.17) is 4.74 Å². The highest BCUT2D eigenvalue weighted by Crippen LogP contribution is 2.37. The normalized spacial score (nSPS) is 20.0. The van der Waals surface area contributed by atoms with Crippen molar-refractivity contribution in [3.8, 4) is 0 Å². The van der Waals surface area contributed by atoms with Gasteiger partial charge in [-0.15, -0.1) is 0 Å². The van der Waals surface area contributed by atoms with E-state index in [1.165, 1.54) is 0 Å². The van der Waals surface area contributed by atoms with Crippen molar-refractivity contribution in [2.45, 2.75) is 37.4 Å². The average molecular weight is 556 g/mol. The first-order valence-electron chi connectivity index (χ1n) is 11.7. The molecule has 0 radical (unpaired) electrons. The minimum absolute atomic E-state index is 0.0170. The van der Waals surface area contributed by atoms with Gasteiger partial charge in [-0.2, -0.15) is 0 Å². The molecular formula is C24H21FN6O9. The number of nitrogens with zero attached hydrogens (tertiary/aromatic N) is 4. The maximum atomic E-state index is 15.8. The molecule has 15 nitrogen and oxygen atoms in total. The van der Waals surface area contributed by atoms with Crippen LogP contribution >= 0.6 is 0 Å². The molecule has 0 saturated heterocycles. The number of nitrogens with one attached hydrogen (secondary N) is 2. The zero-order valence-electron chi connectivity index (χ0n) is 20.4. The van der Waals surface area contributed by atoms with Gasteiger partial charge in [0.2, 0.25) is 0 Å². The largest absolute Gasteiger partial charge is 0.374 e. The van der Waals surface area contributed by atoms with E-state index >= 15 is 4.39 Å². The third-order valence-electron chi connectivity index (χ3n) is 6.35. The average Bonchev–Trinajstić information content (AvgIpc) is 3.21. The Labute approximate surface area is 224 Å². The first kappa shape index (κ1) is 27.8. The Hall–Kier alpha value is -5.25. The standard InChI is InChI=1S/C24H21FN6O9/c25-23-19(26-17-8-6-15(28(32)33)10-21(17)30(36)37)12-20(24(23)40-13-14-4-2-1-3-5-14)27-18-9-7-16(29(34)35)11-22(18)31(38)39/h1-11,19-20,23-24,26-27H,12-13H2/t19-,20+,23-,24-/m0/s1. The number of benzene rings is 3. The molecule has 16 heteroatoms. The number of non-ortho nitro benzene ring substituents is 2. The number of hydrogen-bond donors (Lipinski definition) is 2. The van der Waals surface area contributed by atoms with Gasteiger partial charge in [0.1, 0.15) is 23.7 Å². The molecule has 3 aromatic rings. The van der Waals surface area contributed by atoms with Gasteiger partial charge in [-0.1, -0.05) is 30.3 Å². The predicted molar refractivity (Wildman–Crippen MR) is 139 cm³/mol. The zero-order chi connectivity index (χ0) is 29.0. The van der Waals surface area contributed by atoms with Crippen LogP contribution in [0.15, 0.2) is 66.7 Å². The number of anilines is 2. The van der Waals surface area contributed by atoms with Crippen LogP contribution in [0.4, 0.5) is 38.5 Å². The van der Waals surface area contributed by atoms with E-state index in [0.717, 1.165) is 42.0 Å². The lowest BCUT2D eigenvalue weighted by atomic mass is 10.1. The van der Waals surface area contributed by atoms with Crippen molar-refractivity contribution in [3.05, 3.63) is 113 Å². The predicted octanol–water partition coefficient (Wildman–Crippen LogP) is 4.91. The summed E-state index contributed by atoms with van der Waals surface area (Å²) >= 11 is 0. The third-order valence-corrected chi connectivity index (χ3v) is 6.35. The van der Waals surface area contributed by atoms with Gasteiger partial charge in [0.05, 0.1) is 50.5 Å². The van der Waals surface area contributed by atoms with Crippen molar-refractivity contribution in [1.29, 1.82) is 0 Å². The fourth-order valence-electron chi connectivity index (χ4n) is 4.46. The molecule has 0 aliphatic heterocycles. The van der Waals surface area contributed by atoms with E-state index in [0.29, 0.717) is 0 Å². The molecule has 1 saturated carbocycles. The van der Waals surface area contributed by atoms with Gasteiger partial charge >= 0.3 is 0 Å². The van der Waals surface area contributed by atoms with Crippen LogP contribution in [0.25, 0.3) is 0 Å². The Morgan fingerprint density at radius 2 is 1.23 bits per heavy atom. The smallest absolute Gasteiger partial charge is 0.299 e. The van der Waals surface area contributed by atoms with Gasteiger partial charge in [-0.05, 0) is 24.1 Å². The van der Waals surface area contributed by atoms with Crippen molar-refractivity contribution >= 4 is 34.1 Å². The van der Waals surface area contributed by atoms with Crippen molar-refractivity contribution in [3.63, 3.8) is 0 Å². The number of rotatable bonds is 11. The number of hydrogen-bond acceptors (Lipinski definition) is 11. The summed E-state index contributed by atoms with van der Waals surface area (Å²) in [6, 6.07) is 12.7. The topological polar surface area (TPSA) is 206 Å². The quantitative estimate of drug-likeness (QED) is 0.240. The molecule has 208 valence electrons. The second-order valence-electron chi connectivity index (χ2n) is 8.87. The third kappa shape index (κ3) is 6.07. The summed E-state index contributed by atoms with van der Waals surface area (Å²) in [7, 11) is 0. The molecule has 1 fully saturated rings. The van der Waals surface area contributed by atoms with Crippen molar-refractivity contribution in [2.75, 3.05) is 10.6 Å². The Morgan fingerprint density at radius 1 is 0.725 bits per heavy atom. The molecule has 0 unspecified atom stereocenters. The molecule has 0 heterocycles. The Bertz CT molecular complexity index is 1460. The lowest BCUT2D eigenvalue weighted by molar-refractivity contribution is -0.393. The molecule has 3 aromatic carbocycles. The summed E-state index contributed by atoms with van der Waals surface area (Å²) in [5, 5.41) is 50.9. The van der Waals surface area contributed by atoms with Gasteiger partial charge < -0.3 is 15.4 Å². The SMILES string of the molecule is O=[N+]([O-])c1ccc(N[C@H]2C[C@@H](Nc3ccc([N+](=O)[O-])cc3[N+](=O)[O-])[C@H](OCc3ccccc3)[C@H]2F)c([N+](=O)[O-])c1. The number of ether oxygens (including phenoxy) is 1. The van der Waals surface area contributed by atoms with Crippen LogP contribution in [0.1, 0.15) is 12.0 Å². The number of nitro benzene ring substituents is 4. The monoisotopic (exact) mass is 556 g/mol. The van der Waals surface area contributed by atoms with Crippen LogP contribution in [0.5, 0.6) is 0 Å². The van der Waals surface area contributed by atoms with Crippen molar-refractivity contribution in [1.82, 2.24) is 0 Å². The lowest BCUT2D eigenvalue weighted by Crippen LogP contribution is -2.37. The summed E-state index contributed by atoms with van der Waals surface area (Å²) in [5.74, 6) is 0. The van der Waals surface area contributed by atoms with E-state index in [2.05, 4.69) is 10.6 Å². The van der Waals surface area contributed by atoms with E-state index < -0.39 is 66.8 Å². The minimum atomic E-state index is -1.78. The van der Waals surface area contributed by atoms with Crippen LogP contribution in [0.2, 0.25) is 0 Å². The molecule has 0 aromatic heterocycles. The van der Waals surface area contributed by atoms with Gasteiger partial charge in [0, 0.05) is 12.1 Å². The molecule has 4 rings (SSSR count). The first-order valence-corrected chi connectivity index (χ1v) is 11.7. The highest BCUT2D eigenvalue weighted by molar-refractivity contribution is 5.67. The van der Waals surface area contributed by atoms with Gasteiger partial charge in [-0.3, -0.25) is 40.5 Å². The highest BCUT2D eigenvalue weighted by Gasteiger charge is 2.46. The van der Waals surface area contributed by atoms with Crippen molar-refractivity contribution < 1.29 is 28.8 Å². The maximum Gasteiger partial charge on any atom is 0.299 e. The lowest BCUT2D eigenvalue weighted by Gasteiger charge is -2.23. The van der Waals surface area contributed by atoms with Crippen LogP contribution < -0.4 is 10.6 Å². The summed E-state index contributed by atoms with van der Waals surface area (Å²) in [6.07, 6.45) is -3.07. The van der Waals surface area contributed by atoms with Gasteiger partial charge in [0.15, 0.2) is 0 Å². The van der Waals surface area contributed by atoms with Crippen LogP contribution in [-0.2, 0) is 11.3 Å². The molecule has 0 spiro atoms. The summed E-state index contributed by atoms with van der Waals surface area (Å²) in [4.78, 5) is 42.1. The molecule has 0 amide bonds. The first-order chi connectivity index (χ1) is 19.0. The Balaban J connectivity index is 1.64. The van der Waals surface area contributed by atoms with E-state index in [-0.39, 0.29) is 24.4 Å². The summed E-state index contributed by atoms with van der Waals surface area (Å²) < 4.78 is 21.7. The Kier molecular flexibility index (Phi) is 8.09. The number of halogens is 1. The zero-order valence-corrected chi connectivity index (χ0v) is 20.4. The van der Waals surface area contributed by atoms with E-state index in [9.17, 15) is 40.5 Å². The number of nitro groups is 4. The molecule has 0 bridgehead atoms. The van der Waals surface area contributed by atoms with Gasteiger partial charge in [-0.25, -0.2) is 4.39 Å². The molecule has 40 heavy (non-hydrogen) atoms. The van der Waals surface area contributed by atoms with E-state index in [1.807, 2.05) is 0 Å². The fraction of sp³-hybridized carbons (Fsp3) is 0.250. The molecule has 2 N–H and O–H groups in total. The number of alkyl halides is 1. The maximum absolute atomic E-state index is 15.8. The second-order valence-corrected chi connectivity index (χ2v) is 8.87. The fourth-order valence-corrected chi connectivity index (χ4v) is 4.46. The molecule has 1 aliphatic carbocycles. The molecule has 4 atom stereocenters. The van der Waals surface area contributed by atoms with Crippen LogP contribution in [0, 0.1) is 40.5 Å². The molecular weight excluding hydrogens is 535 g/mol. The summed E-state index contributed by atoms with van der Waals surface area (Å²) in [5.41, 5.74) is -1.81. The Morgan fingerprint density at radius 3 is 1.70 bits per heavy atom. The van der Waals surface area contributed by atoms with Crippen LogP contribution in [-0.4, -0.2) is 44.1 Å². The highest BCUT2D eigenvalue weighted by atomic mass is 19.1. The second kappa shape index (κ2) is 11.6. The van der Waals surface area contributed by atoms with Crippen LogP contribution in [0.3, 0.4) is 0 Å². The van der Waals surface area contributed by atoms with Crippen molar-refractivity contribution in [2.24, 2.45) is 0 Å². The molecule has 1 aliphatic rings. The summed E-state index contributed by atoms with van der Waals surface area (Å²) in [6.45, 7) is -0.0170. The van der Waals surface area contributed by atoms with Gasteiger partial charge in [0.25, 0.3) is 22.7 Å².